The third kappa shape index (κ3) is 18.0. The van der Waals surface area contributed by atoms with Crippen molar-refractivity contribution >= 4 is 0 Å². The second-order valence-electron chi connectivity index (χ2n) is 5.70. The van der Waals surface area contributed by atoms with Crippen molar-refractivity contribution in [3.63, 3.8) is 0 Å². The van der Waals surface area contributed by atoms with Gasteiger partial charge in [0.05, 0.1) is 0 Å². The molecule has 0 saturated carbocycles. The molecule has 0 heterocycles. The smallest absolute Gasteiger partial charge is 0.00489 e. The van der Waals surface area contributed by atoms with Gasteiger partial charge in [-0.3, -0.25) is 0 Å². The Bertz CT molecular complexity index is 129. The minimum Gasteiger partial charge on any atom is -0.317 e. The summed E-state index contributed by atoms with van der Waals surface area (Å²) in [6.45, 7) is 10.2. The van der Waals surface area contributed by atoms with Crippen LogP contribution < -0.4 is 5.32 Å². The van der Waals surface area contributed by atoms with Gasteiger partial charge >= 0.3 is 0 Å². The van der Waals surface area contributed by atoms with Crippen molar-refractivity contribution in [2.75, 3.05) is 13.1 Å². The molecule has 0 rings (SSSR count). The van der Waals surface area contributed by atoms with Crippen LogP contribution in [0.1, 0.15) is 89.9 Å². The Hall–Kier alpha value is -0.0400. The molecule has 0 atom stereocenters. The lowest BCUT2D eigenvalue weighted by atomic mass is 10.1. The summed E-state index contributed by atoms with van der Waals surface area (Å²) in [5.41, 5.74) is 0. The molecule has 0 aromatic carbocycles. The summed E-state index contributed by atoms with van der Waals surface area (Å²) in [5.74, 6) is 0. The molecule has 0 saturated heterocycles. The van der Waals surface area contributed by atoms with Crippen molar-refractivity contribution in [3.05, 3.63) is 13.8 Å². The van der Waals surface area contributed by atoms with Crippen molar-refractivity contribution in [1.29, 1.82) is 0 Å². The van der Waals surface area contributed by atoms with Crippen molar-refractivity contribution < 1.29 is 0 Å². The maximum absolute atomic E-state index is 3.88. The lowest BCUT2D eigenvalue weighted by Gasteiger charge is -2.05. The number of hydrogen-bond donors (Lipinski definition) is 1. The van der Waals surface area contributed by atoms with E-state index in [0.29, 0.717) is 0 Å². The monoisotopic (exact) mass is 267 g/mol. The molecule has 0 amide bonds. The highest BCUT2D eigenvalue weighted by Gasteiger charge is 1.93. The molecule has 1 N–H and O–H groups in total. The third-order valence-corrected chi connectivity index (χ3v) is 3.71. The molecule has 0 bridgehead atoms. The first kappa shape index (κ1) is 19.0. The third-order valence-electron chi connectivity index (χ3n) is 3.71. The average Bonchev–Trinajstić information content (AvgIpc) is 2.43. The van der Waals surface area contributed by atoms with E-state index in [1.54, 1.807) is 0 Å². The molecule has 114 valence electrons. The van der Waals surface area contributed by atoms with Gasteiger partial charge in [0.1, 0.15) is 0 Å². The number of hydrogen-bond acceptors (Lipinski definition) is 1. The van der Waals surface area contributed by atoms with Crippen LogP contribution in [0.15, 0.2) is 0 Å². The molecule has 19 heavy (non-hydrogen) atoms. The summed E-state index contributed by atoms with van der Waals surface area (Å²) < 4.78 is 0. The maximum atomic E-state index is 3.88. The van der Waals surface area contributed by atoms with E-state index in [4.69, 9.17) is 0 Å². The second kappa shape index (κ2) is 18.0. The van der Waals surface area contributed by atoms with Gasteiger partial charge in [-0.2, -0.15) is 0 Å². The SMILES string of the molecule is [CH2]CCCCCCCCCNCCCCCCC[CH2]. The van der Waals surface area contributed by atoms with E-state index in [0.717, 1.165) is 12.8 Å². The van der Waals surface area contributed by atoms with Crippen LogP contribution in [0.3, 0.4) is 0 Å². The largest absolute Gasteiger partial charge is 0.317 e. The highest BCUT2D eigenvalue weighted by molar-refractivity contribution is 4.52. The van der Waals surface area contributed by atoms with Crippen LogP contribution in [0.25, 0.3) is 0 Å². The van der Waals surface area contributed by atoms with E-state index < -0.39 is 0 Å². The van der Waals surface area contributed by atoms with Crippen molar-refractivity contribution in [1.82, 2.24) is 5.32 Å². The minimum absolute atomic E-state index is 1.10. The predicted molar refractivity (Wildman–Crippen MR) is 88.2 cm³/mol. The zero-order valence-electron chi connectivity index (χ0n) is 13.2. The zero-order chi connectivity index (χ0) is 14.0. The van der Waals surface area contributed by atoms with Crippen LogP contribution in [-0.2, 0) is 0 Å². The molecule has 0 aromatic rings. The molecule has 0 aliphatic rings. The van der Waals surface area contributed by atoms with Gasteiger partial charge in [-0.05, 0) is 25.9 Å². The molecular formula is C18H37N. The number of nitrogens with one attached hydrogen (secondary N) is 1. The average molecular weight is 268 g/mol. The van der Waals surface area contributed by atoms with Crippen molar-refractivity contribution in [3.8, 4) is 0 Å². The van der Waals surface area contributed by atoms with Crippen molar-refractivity contribution in [2.45, 2.75) is 89.9 Å². The Morgan fingerprint density at radius 1 is 0.421 bits per heavy atom. The highest BCUT2D eigenvalue weighted by atomic mass is 14.8. The maximum Gasteiger partial charge on any atom is -0.00489 e. The quantitative estimate of drug-likeness (QED) is 0.353. The Kier molecular flexibility index (Phi) is 17.9. The van der Waals surface area contributed by atoms with Gasteiger partial charge in [-0.15, -0.1) is 0 Å². The molecule has 1 nitrogen and oxygen atoms in total. The van der Waals surface area contributed by atoms with Gasteiger partial charge in [0.15, 0.2) is 0 Å². The Labute approximate surface area is 122 Å². The summed E-state index contributed by atoms with van der Waals surface area (Å²) in [6.07, 6.45) is 18.7. The minimum atomic E-state index is 1.10. The van der Waals surface area contributed by atoms with E-state index in [9.17, 15) is 0 Å². The van der Waals surface area contributed by atoms with Crippen LogP contribution in [0, 0.1) is 13.8 Å². The standard InChI is InChI=1S/C18H37N/c1-3-5-7-9-11-12-14-16-18-19-17-15-13-10-8-6-4-2/h19H,1-18H2. The number of unbranched alkanes of at least 4 members (excludes halogenated alkanes) is 12. The van der Waals surface area contributed by atoms with Crippen LogP contribution in [0.2, 0.25) is 0 Å². The lowest BCUT2D eigenvalue weighted by molar-refractivity contribution is 0.539. The van der Waals surface area contributed by atoms with Crippen LogP contribution in [0.5, 0.6) is 0 Å². The summed E-state index contributed by atoms with van der Waals surface area (Å²) in [4.78, 5) is 0. The first-order valence-electron chi connectivity index (χ1n) is 8.71. The van der Waals surface area contributed by atoms with Crippen LogP contribution in [0.4, 0.5) is 0 Å². The second-order valence-corrected chi connectivity index (χ2v) is 5.70. The van der Waals surface area contributed by atoms with Gasteiger partial charge in [-0.25, -0.2) is 0 Å². The molecule has 0 unspecified atom stereocenters. The molecule has 1 heteroatoms. The number of rotatable bonds is 16. The Balaban J connectivity index is 2.88. The molecule has 0 aromatic heterocycles. The van der Waals surface area contributed by atoms with Gasteiger partial charge in [0.25, 0.3) is 0 Å². The van der Waals surface area contributed by atoms with Gasteiger partial charge < -0.3 is 5.32 Å². The zero-order valence-corrected chi connectivity index (χ0v) is 13.2. The van der Waals surface area contributed by atoms with E-state index in [2.05, 4.69) is 19.2 Å². The van der Waals surface area contributed by atoms with Crippen molar-refractivity contribution in [2.24, 2.45) is 0 Å². The van der Waals surface area contributed by atoms with E-state index >= 15 is 0 Å². The fourth-order valence-electron chi connectivity index (χ4n) is 2.39. The summed E-state index contributed by atoms with van der Waals surface area (Å²) in [6, 6.07) is 0. The van der Waals surface area contributed by atoms with E-state index in [-0.39, 0.29) is 0 Å². The Morgan fingerprint density at radius 3 is 1.11 bits per heavy atom. The predicted octanol–water partition coefficient (Wildman–Crippen LogP) is 5.71. The summed E-state index contributed by atoms with van der Waals surface area (Å²) in [5, 5.41) is 3.57. The molecule has 0 fully saturated rings. The van der Waals surface area contributed by atoms with Crippen LogP contribution in [-0.4, -0.2) is 13.1 Å². The summed E-state index contributed by atoms with van der Waals surface area (Å²) >= 11 is 0. The fraction of sp³-hybridized carbons (Fsp3) is 0.889. The molecule has 0 spiro atoms. The lowest BCUT2D eigenvalue weighted by Crippen LogP contribution is -2.16. The molecule has 0 aliphatic carbocycles. The topological polar surface area (TPSA) is 12.0 Å². The highest BCUT2D eigenvalue weighted by Crippen LogP contribution is 2.08. The van der Waals surface area contributed by atoms with E-state index in [1.165, 1.54) is 90.1 Å². The molecule has 0 aliphatic heterocycles. The Morgan fingerprint density at radius 2 is 0.737 bits per heavy atom. The van der Waals surface area contributed by atoms with Gasteiger partial charge in [0.2, 0.25) is 0 Å². The molecular weight excluding hydrogens is 230 g/mol. The van der Waals surface area contributed by atoms with Crippen LogP contribution >= 0.6 is 0 Å². The fourth-order valence-corrected chi connectivity index (χ4v) is 2.39. The first-order chi connectivity index (χ1) is 9.41. The molecule has 2 radical (unpaired) electrons. The van der Waals surface area contributed by atoms with Gasteiger partial charge in [0, 0.05) is 0 Å². The van der Waals surface area contributed by atoms with E-state index in [1.807, 2.05) is 0 Å². The van der Waals surface area contributed by atoms with Gasteiger partial charge in [-0.1, -0.05) is 90.9 Å². The first-order valence-corrected chi connectivity index (χ1v) is 8.71. The normalized spacial score (nSPS) is 11.1. The summed E-state index contributed by atoms with van der Waals surface area (Å²) in [7, 11) is 0.